The topological polar surface area (TPSA) is 77.3 Å². The number of alkyl halides is 3. The number of isocyanates is 1. The van der Waals surface area contributed by atoms with Crippen LogP contribution in [0.4, 0.5) is 19.0 Å². The van der Waals surface area contributed by atoms with E-state index in [4.69, 9.17) is 4.74 Å². The number of methoxy groups -OCH3 is 1. The van der Waals surface area contributed by atoms with Crippen LogP contribution in [0.15, 0.2) is 29.5 Å². The minimum absolute atomic E-state index is 0.132. The monoisotopic (exact) mass is 296 g/mol. The third-order valence-corrected chi connectivity index (χ3v) is 2.43. The summed E-state index contributed by atoms with van der Waals surface area (Å²) in [5.41, 5.74) is 0.539. The fourth-order valence-electron chi connectivity index (χ4n) is 1.53. The molecule has 0 saturated carbocycles. The number of aromatic nitrogens is 3. The minimum Gasteiger partial charge on any atom is -0.481 e. The number of carbonyl (C=O) groups excluding carboxylic acids is 1. The molecule has 0 aliphatic rings. The van der Waals surface area contributed by atoms with Crippen LogP contribution in [-0.2, 0) is 11.0 Å². The molecule has 108 valence electrons. The summed E-state index contributed by atoms with van der Waals surface area (Å²) in [5, 5.41) is 0. The highest BCUT2D eigenvalue weighted by atomic mass is 19.4. The average Bonchev–Trinajstić information content (AvgIpc) is 2.46. The predicted octanol–water partition coefficient (Wildman–Crippen LogP) is 2.53. The van der Waals surface area contributed by atoms with Gasteiger partial charge < -0.3 is 4.74 Å². The number of halogens is 3. The molecule has 0 spiro atoms. The summed E-state index contributed by atoms with van der Waals surface area (Å²) in [5.74, 6) is -1.57. The first-order valence-corrected chi connectivity index (χ1v) is 5.48. The van der Waals surface area contributed by atoms with Crippen LogP contribution in [0, 0.1) is 0 Å². The molecule has 0 unspecified atom stereocenters. The van der Waals surface area contributed by atoms with Crippen LogP contribution in [0.2, 0.25) is 0 Å². The maximum Gasteiger partial charge on any atom is 0.451 e. The van der Waals surface area contributed by atoms with Crippen molar-refractivity contribution in [1.82, 2.24) is 15.0 Å². The summed E-state index contributed by atoms with van der Waals surface area (Å²) in [7, 11) is 1.39. The van der Waals surface area contributed by atoms with Crippen molar-refractivity contribution in [1.29, 1.82) is 0 Å². The summed E-state index contributed by atoms with van der Waals surface area (Å²) < 4.78 is 42.6. The van der Waals surface area contributed by atoms with Gasteiger partial charge in [0.1, 0.15) is 0 Å². The van der Waals surface area contributed by atoms with Gasteiger partial charge in [-0.25, -0.2) is 19.7 Å². The van der Waals surface area contributed by atoms with Crippen molar-refractivity contribution in [2.24, 2.45) is 4.99 Å². The molecule has 0 saturated heterocycles. The fraction of sp³-hybridized carbons (Fsp3) is 0.167. The molecule has 9 heteroatoms. The second-order valence-corrected chi connectivity index (χ2v) is 3.72. The predicted molar refractivity (Wildman–Crippen MR) is 64.6 cm³/mol. The first-order valence-electron chi connectivity index (χ1n) is 5.48. The summed E-state index contributed by atoms with van der Waals surface area (Å²) in [6.07, 6.45) is -1.24. The van der Waals surface area contributed by atoms with Crippen LogP contribution in [0.1, 0.15) is 5.82 Å². The van der Waals surface area contributed by atoms with E-state index in [1.165, 1.54) is 31.5 Å². The average molecular weight is 296 g/mol. The molecule has 0 aliphatic heterocycles. The SMILES string of the molecule is COc1cc(-c2cnc(C(F)(F)F)nc2N=C=O)ccn1. The molecule has 21 heavy (non-hydrogen) atoms. The zero-order valence-electron chi connectivity index (χ0n) is 10.5. The Morgan fingerprint density at radius 3 is 2.71 bits per heavy atom. The lowest BCUT2D eigenvalue weighted by atomic mass is 10.1. The summed E-state index contributed by atoms with van der Waals surface area (Å²) >= 11 is 0. The van der Waals surface area contributed by atoms with Crippen LogP contribution >= 0.6 is 0 Å². The third kappa shape index (κ3) is 3.21. The Labute approximate surface area is 116 Å². The second-order valence-electron chi connectivity index (χ2n) is 3.72. The van der Waals surface area contributed by atoms with Gasteiger partial charge >= 0.3 is 6.18 Å². The Kier molecular flexibility index (Phi) is 3.95. The van der Waals surface area contributed by atoms with Crippen LogP contribution < -0.4 is 4.74 Å². The van der Waals surface area contributed by atoms with Crippen LogP contribution in [-0.4, -0.2) is 28.1 Å². The van der Waals surface area contributed by atoms with E-state index in [2.05, 4.69) is 19.9 Å². The quantitative estimate of drug-likeness (QED) is 0.642. The first-order chi connectivity index (χ1) is 9.95. The summed E-state index contributed by atoms with van der Waals surface area (Å²) in [6, 6.07) is 2.95. The van der Waals surface area contributed by atoms with Crippen LogP contribution in [0.5, 0.6) is 5.88 Å². The smallest absolute Gasteiger partial charge is 0.451 e. The molecule has 0 amide bonds. The van der Waals surface area contributed by atoms with Gasteiger partial charge in [-0.3, -0.25) is 0 Å². The Balaban J connectivity index is 2.60. The van der Waals surface area contributed by atoms with E-state index < -0.39 is 17.8 Å². The summed E-state index contributed by atoms with van der Waals surface area (Å²) in [4.78, 5) is 23.9. The van der Waals surface area contributed by atoms with Gasteiger partial charge in [-0.2, -0.15) is 13.2 Å². The third-order valence-electron chi connectivity index (χ3n) is 2.43. The molecule has 0 N–H and O–H groups in total. The van der Waals surface area contributed by atoms with Crippen LogP contribution in [0.3, 0.4) is 0 Å². The molecule has 0 fully saturated rings. The van der Waals surface area contributed by atoms with E-state index >= 15 is 0 Å². The highest BCUT2D eigenvalue weighted by molar-refractivity contribution is 5.74. The lowest BCUT2D eigenvalue weighted by Crippen LogP contribution is -2.10. The van der Waals surface area contributed by atoms with Crippen molar-refractivity contribution >= 4 is 11.9 Å². The molecule has 2 heterocycles. The van der Waals surface area contributed by atoms with Gasteiger partial charge in [0.2, 0.25) is 17.8 Å². The highest BCUT2D eigenvalue weighted by Gasteiger charge is 2.35. The molecule has 2 aromatic rings. The number of nitrogens with zero attached hydrogens (tertiary/aromatic N) is 4. The molecular formula is C12H7F3N4O2. The number of ether oxygens (including phenoxy) is 1. The standard InChI is InChI=1S/C12H7F3N4O2/c1-21-9-4-7(2-3-16-9)8-5-17-11(12(13,14)15)19-10(8)18-6-20/h2-5H,1H3. The minimum atomic E-state index is -4.73. The maximum atomic E-state index is 12.6. The zero-order valence-corrected chi connectivity index (χ0v) is 10.5. The number of hydrogen-bond acceptors (Lipinski definition) is 6. The molecular weight excluding hydrogens is 289 g/mol. The van der Waals surface area contributed by atoms with E-state index in [0.717, 1.165) is 6.20 Å². The number of hydrogen-bond donors (Lipinski definition) is 0. The molecule has 0 bridgehead atoms. The van der Waals surface area contributed by atoms with Gasteiger partial charge in [-0.05, 0) is 11.6 Å². The Hall–Kier alpha value is -2.80. The zero-order chi connectivity index (χ0) is 15.5. The number of pyridine rings is 1. The van der Waals surface area contributed by atoms with Gasteiger partial charge in [-0.15, -0.1) is 4.99 Å². The van der Waals surface area contributed by atoms with Crippen molar-refractivity contribution in [2.75, 3.05) is 7.11 Å². The Morgan fingerprint density at radius 2 is 2.10 bits per heavy atom. The van der Waals surface area contributed by atoms with E-state index in [-0.39, 0.29) is 11.4 Å². The van der Waals surface area contributed by atoms with E-state index in [1.807, 2.05) is 0 Å². The lowest BCUT2D eigenvalue weighted by Gasteiger charge is -2.08. The molecule has 6 nitrogen and oxygen atoms in total. The molecule has 0 atom stereocenters. The van der Waals surface area contributed by atoms with Gasteiger partial charge in [0.25, 0.3) is 0 Å². The molecule has 2 aromatic heterocycles. The van der Waals surface area contributed by atoms with Gasteiger partial charge in [0, 0.05) is 24.0 Å². The normalized spacial score (nSPS) is 10.9. The highest BCUT2D eigenvalue weighted by Crippen LogP contribution is 2.33. The van der Waals surface area contributed by atoms with E-state index in [9.17, 15) is 18.0 Å². The number of aliphatic imine (C=N–C) groups is 1. The van der Waals surface area contributed by atoms with Gasteiger partial charge in [0.15, 0.2) is 5.82 Å². The lowest BCUT2D eigenvalue weighted by molar-refractivity contribution is -0.144. The first kappa shape index (κ1) is 14.6. The second kappa shape index (κ2) is 5.68. The van der Waals surface area contributed by atoms with Crippen molar-refractivity contribution < 1.29 is 22.7 Å². The Bertz CT molecular complexity index is 712. The van der Waals surface area contributed by atoms with Gasteiger partial charge in [-0.1, -0.05) is 0 Å². The van der Waals surface area contributed by atoms with Crippen molar-refractivity contribution in [2.45, 2.75) is 6.18 Å². The summed E-state index contributed by atoms with van der Waals surface area (Å²) in [6.45, 7) is 0. The Morgan fingerprint density at radius 1 is 1.33 bits per heavy atom. The maximum absolute atomic E-state index is 12.6. The fourth-order valence-corrected chi connectivity index (χ4v) is 1.53. The van der Waals surface area contributed by atoms with Gasteiger partial charge in [0.05, 0.1) is 7.11 Å². The largest absolute Gasteiger partial charge is 0.481 e. The van der Waals surface area contributed by atoms with Crippen LogP contribution in [0.25, 0.3) is 11.1 Å². The molecule has 0 aliphatic carbocycles. The van der Waals surface area contributed by atoms with Crippen molar-refractivity contribution in [3.05, 3.63) is 30.4 Å². The molecule has 2 rings (SSSR count). The van der Waals surface area contributed by atoms with E-state index in [0.29, 0.717) is 5.56 Å². The molecule has 0 radical (unpaired) electrons. The van der Waals surface area contributed by atoms with Crippen molar-refractivity contribution in [3.8, 4) is 17.0 Å². The molecule has 0 aromatic carbocycles. The van der Waals surface area contributed by atoms with E-state index in [1.54, 1.807) is 0 Å². The number of rotatable bonds is 3. The van der Waals surface area contributed by atoms with Crippen molar-refractivity contribution in [3.63, 3.8) is 0 Å².